The third kappa shape index (κ3) is 3.14. The van der Waals surface area contributed by atoms with Gasteiger partial charge in [-0.3, -0.25) is 9.59 Å². The molecule has 136 valence electrons. The zero-order chi connectivity index (χ0) is 18.1. The summed E-state index contributed by atoms with van der Waals surface area (Å²) >= 11 is 1.47. The van der Waals surface area contributed by atoms with Crippen molar-refractivity contribution in [2.75, 3.05) is 18.5 Å². The van der Waals surface area contributed by atoms with Gasteiger partial charge < -0.3 is 20.5 Å². The van der Waals surface area contributed by atoms with Crippen LogP contribution in [0.25, 0.3) is 0 Å². The minimum Gasteiger partial charge on any atom is -0.486 e. The van der Waals surface area contributed by atoms with Gasteiger partial charge >= 0.3 is 0 Å². The Morgan fingerprint density at radius 1 is 1.04 bits per heavy atom. The second kappa shape index (κ2) is 6.99. The zero-order valence-electron chi connectivity index (χ0n) is 14.3. The topological polar surface area (TPSA) is 90.7 Å². The smallest absolute Gasteiger partial charge is 0.256 e. The molecule has 2 aromatic rings. The van der Waals surface area contributed by atoms with Gasteiger partial charge in [0.05, 0.1) is 5.56 Å². The highest BCUT2D eigenvalue weighted by Crippen LogP contribution is 2.38. The maximum atomic E-state index is 12.7. The first-order valence-corrected chi connectivity index (χ1v) is 9.60. The van der Waals surface area contributed by atoms with E-state index in [0.717, 1.165) is 42.5 Å². The molecule has 1 aliphatic heterocycles. The van der Waals surface area contributed by atoms with E-state index in [2.05, 4.69) is 5.32 Å². The zero-order valence-corrected chi connectivity index (χ0v) is 15.1. The Morgan fingerprint density at radius 2 is 1.81 bits per heavy atom. The molecule has 0 fully saturated rings. The molecule has 26 heavy (non-hydrogen) atoms. The van der Waals surface area contributed by atoms with Gasteiger partial charge in [0.15, 0.2) is 11.5 Å². The van der Waals surface area contributed by atoms with E-state index in [-0.39, 0.29) is 5.91 Å². The molecule has 2 aliphatic rings. The van der Waals surface area contributed by atoms with Crippen molar-refractivity contribution < 1.29 is 19.1 Å². The predicted molar refractivity (Wildman–Crippen MR) is 99.5 cm³/mol. The number of nitrogens with one attached hydrogen (secondary N) is 1. The average molecular weight is 372 g/mol. The third-order valence-electron chi connectivity index (χ3n) is 4.70. The van der Waals surface area contributed by atoms with E-state index < -0.39 is 5.91 Å². The summed E-state index contributed by atoms with van der Waals surface area (Å²) in [6, 6.07) is 5.07. The van der Waals surface area contributed by atoms with Crippen molar-refractivity contribution in [2.24, 2.45) is 5.73 Å². The van der Waals surface area contributed by atoms with Crippen LogP contribution in [0.1, 0.15) is 50.4 Å². The van der Waals surface area contributed by atoms with Crippen LogP contribution in [-0.4, -0.2) is 25.0 Å². The Kier molecular flexibility index (Phi) is 4.55. The lowest BCUT2D eigenvalue weighted by Crippen LogP contribution is -2.19. The summed E-state index contributed by atoms with van der Waals surface area (Å²) in [7, 11) is 0. The quantitative estimate of drug-likeness (QED) is 0.810. The molecule has 1 aromatic heterocycles. The lowest BCUT2D eigenvalue weighted by Gasteiger charge is -2.18. The Balaban J connectivity index is 1.62. The molecule has 7 heteroatoms. The molecule has 0 bridgehead atoms. The van der Waals surface area contributed by atoms with Crippen LogP contribution in [0.3, 0.4) is 0 Å². The summed E-state index contributed by atoms with van der Waals surface area (Å²) in [6.45, 7) is 0.961. The number of rotatable bonds is 3. The molecule has 0 spiro atoms. The van der Waals surface area contributed by atoms with Gasteiger partial charge in [0.2, 0.25) is 0 Å². The molecule has 4 rings (SSSR count). The van der Waals surface area contributed by atoms with Gasteiger partial charge in [0.1, 0.15) is 18.2 Å². The highest BCUT2D eigenvalue weighted by molar-refractivity contribution is 7.17. The van der Waals surface area contributed by atoms with E-state index in [4.69, 9.17) is 15.2 Å². The number of amides is 2. The van der Waals surface area contributed by atoms with Crippen molar-refractivity contribution in [3.05, 3.63) is 39.8 Å². The maximum absolute atomic E-state index is 12.7. The fourth-order valence-corrected chi connectivity index (χ4v) is 4.74. The molecule has 2 amide bonds. The van der Waals surface area contributed by atoms with E-state index in [1.165, 1.54) is 11.3 Å². The number of carbonyl (C=O) groups excluding carboxylic acids is 2. The normalized spacial score (nSPS) is 15.7. The molecule has 1 aliphatic carbocycles. The summed E-state index contributed by atoms with van der Waals surface area (Å²) in [5, 5.41) is 3.42. The van der Waals surface area contributed by atoms with E-state index >= 15 is 0 Å². The summed E-state index contributed by atoms with van der Waals surface area (Å²) in [6.07, 6.45) is 5.06. The summed E-state index contributed by atoms with van der Waals surface area (Å²) in [5.74, 6) is 0.414. The van der Waals surface area contributed by atoms with Crippen LogP contribution in [-0.2, 0) is 12.8 Å². The van der Waals surface area contributed by atoms with Crippen LogP contribution in [0, 0.1) is 0 Å². The number of nitrogens with two attached hydrogens (primary N) is 1. The van der Waals surface area contributed by atoms with Crippen LogP contribution in [0.2, 0.25) is 0 Å². The van der Waals surface area contributed by atoms with Gasteiger partial charge in [0, 0.05) is 10.4 Å². The lowest BCUT2D eigenvalue weighted by molar-refractivity contribution is 0.100. The number of fused-ring (bicyclic) bond motifs is 2. The van der Waals surface area contributed by atoms with Gasteiger partial charge in [0.25, 0.3) is 11.8 Å². The monoisotopic (exact) mass is 372 g/mol. The van der Waals surface area contributed by atoms with E-state index in [1.54, 1.807) is 18.2 Å². The van der Waals surface area contributed by atoms with Crippen molar-refractivity contribution in [3.63, 3.8) is 0 Å². The molecule has 0 saturated carbocycles. The maximum Gasteiger partial charge on any atom is 0.256 e. The second-order valence-corrected chi connectivity index (χ2v) is 7.55. The standard InChI is InChI=1S/C19H20N2O4S/c20-17(22)16-12-4-2-1-3-5-15(12)26-19(16)21-18(23)11-6-7-13-14(10-11)25-9-8-24-13/h6-7,10H,1-5,8-9H2,(H2,20,22)(H,21,23). The molecule has 0 atom stereocenters. The molecular weight excluding hydrogens is 352 g/mol. The highest BCUT2D eigenvalue weighted by atomic mass is 32.1. The number of thiophene rings is 1. The van der Waals surface area contributed by atoms with Gasteiger partial charge in [-0.25, -0.2) is 0 Å². The fraction of sp³-hybridized carbons (Fsp3) is 0.368. The van der Waals surface area contributed by atoms with Gasteiger partial charge in [-0.2, -0.15) is 0 Å². The highest BCUT2D eigenvalue weighted by Gasteiger charge is 2.25. The number of anilines is 1. The van der Waals surface area contributed by atoms with Crippen molar-refractivity contribution in [3.8, 4) is 11.5 Å². The van der Waals surface area contributed by atoms with Crippen LogP contribution >= 0.6 is 11.3 Å². The van der Waals surface area contributed by atoms with E-state index in [1.807, 2.05) is 0 Å². The number of carbonyl (C=O) groups is 2. The molecule has 0 saturated heterocycles. The molecular formula is C19H20N2O4S. The molecule has 6 nitrogen and oxygen atoms in total. The summed E-state index contributed by atoms with van der Waals surface area (Å²) < 4.78 is 11.0. The first kappa shape index (κ1) is 16.9. The minimum absolute atomic E-state index is 0.291. The van der Waals surface area contributed by atoms with Crippen LogP contribution in [0.4, 0.5) is 5.00 Å². The number of hydrogen-bond acceptors (Lipinski definition) is 5. The lowest BCUT2D eigenvalue weighted by atomic mass is 10.1. The largest absolute Gasteiger partial charge is 0.486 e. The van der Waals surface area contributed by atoms with E-state index in [0.29, 0.717) is 40.8 Å². The molecule has 0 radical (unpaired) electrons. The van der Waals surface area contributed by atoms with Crippen molar-refractivity contribution >= 4 is 28.2 Å². The van der Waals surface area contributed by atoms with Crippen molar-refractivity contribution in [2.45, 2.75) is 32.1 Å². The van der Waals surface area contributed by atoms with Gasteiger partial charge in [-0.1, -0.05) is 6.42 Å². The van der Waals surface area contributed by atoms with Crippen molar-refractivity contribution in [1.29, 1.82) is 0 Å². The summed E-state index contributed by atoms with van der Waals surface area (Å²) in [4.78, 5) is 25.9. The van der Waals surface area contributed by atoms with Gasteiger partial charge in [-0.05, 0) is 49.4 Å². The Bertz CT molecular complexity index is 875. The molecule has 0 unspecified atom stereocenters. The average Bonchev–Trinajstić information content (AvgIpc) is 2.82. The second-order valence-electron chi connectivity index (χ2n) is 6.45. The molecule has 2 heterocycles. The molecule has 3 N–H and O–H groups in total. The van der Waals surface area contributed by atoms with Crippen molar-refractivity contribution in [1.82, 2.24) is 0 Å². The van der Waals surface area contributed by atoms with Crippen LogP contribution in [0.15, 0.2) is 18.2 Å². The Labute approximate surface area is 155 Å². The third-order valence-corrected chi connectivity index (χ3v) is 5.91. The SMILES string of the molecule is NC(=O)c1c(NC(=O)c2ccc3c(c2)OCCO3)sc2c1CCCCC2. The number of ether oxygens (including phenoxy) is 2. The number of primary amides is 1. The first-order chi connectivity index (χ1) is 12.6. The molecule has 1 aromatic carbocycles. The predicted octanol–water partition coefficient (Wildman–Crippen LogP) is 3.14. The van der Waals surface area contributed by atoms with Crippen LogP contribution < -0.4 is 20.5 Å². The first-order valence-electron chi connectivity index (χ1n) is 8.79. The number of hydrogen-bond donors (Lipinski definition) is 2. The number of aryl methyl sites for hydroxylation is 1. The Hall–Kier alpha value is -2.54. The Morgan fingerprint density at radius 3 is 2.62 bits per heavy atom. The van der Waals surface area contributed by atoms with Crippen LogP contribution in [0.5, 0.6) is 11.5 Å². The van der Waals surface area contributed by atoms with E-state index in [9.17, 15) is 9.59 Å². The van der Waals surface area contributed by atoms with Gasteiger partial charge in [-0.15, -0.1) is 11.3 Å². The minimum atomic E-state index is -0.484. The number of benzene rings is 1. The fourth-order valence-electron chi connectivity index (χ4n) is 3.45. The summed E-state index contributed by atoms with van der Waals surface area (Å²) in [5.41, 5.74) is 7.55.